The molecule has 0 spiro atoms. The van der Waals surface area contributed by atoms with E-state index in [1.165, 1.54) is 18.5 Å². The molecule has 1 aromatic carbocycles. The number of methoxy groups -OCH3 is 1. The number of carbonyl (C=O) groups is 2. The van der Waals surface area contributed by atoms with Crippen molar-refractivity contribution in [2.75, 3.05) is 32.3 Å². The Labute approximate surface area is 243 Å². The molecular formula is C28H33N7O6S. The number of nitrogens with zero attached hydrogens (tertiary/aromatic N) is 5. The Morgan fingerprint density at radius 1 is 1.12 bits per heavy atom. The molecule has 4 aromatic rings. The molecule has 222 valence electrons. The Hall–Kier alpha value is -4.14. The first-order valence-electron chi connectivity index (χ1n) is 13.5. The van der Waals surface area contributed by atoms with Crippen molar-refractivity contribution in [1.82, 2.24) is 29.1 Å². The molecule has 3 N–H and O–H groups in total. The lowest BCUT2D eigenvalue weighted by Gasteiger charge is -2.38. The van der Waals surface area contributed by atoms with Crippen LogP contribution in [0.25, 0.3) is 22.5 Å². The zero-order chi connectivity index (χ0) is 30.1. The third-order valence-corrected chi connectivity index (χ3v) is 8.07. The number of rotatable bonds is 10. The van der Waals surface area contributed by atoms with Crippen LogP contribution in [0.2, 0.25) is 0 Å². The van der Waals surface area contributed by atoms with E-state index in [1.54, 1.807) is 17.1 Å². The highest BCUT2D eigenvalue weighted by atomic mass is 32.2. The number of ketones is 1. The molecule has 1 fully saturated rings. The Bertz CT molecular complexity index is 1720. The van der Waals surface area contributed by atoms with Crippen molar-refractivity contribution in [2.24, 2.45) is 0 Å². The Kier molecular flexibility index (Phi) is 8.12. The van der Waals surface area contributed by atoms with Crippen LogP contribution in [0.3, 0.4) is 0 Å². The van der Waals surface area contributed by atoms with E-state index in [2.05, 4.69) is 14.9 Å². The summed E-state index contributed by atoms with van der Waals surface area (Å²) in [6.07, 6.45) is 7.39. The summed E-state index contributed by atoms with van der Waals surface area (Å²) >= 11 is 0. The normalized spacial score (nSPS) is 19.2. The Balaban J connectivity index is 1.50. The van der Waals surface area contributed by atoms with Crippen molar-refractivity contribution >= 4 is 33.2 Å². The molecule has 1 aliphatic rings. The van der Waals surface area contributed by atoms with Crippen molar-refractivity contribution < 1.29 is 27.5 Å². The topological polar surface area (TPSA) is 173 Å². The second kappa shape index (κ2) is 11.6. The number of ether oxygens (including phenoxy) is 2. The highest BCUT2D eigenvalue weighted by Gasteiger charge is 2.45. The number of fused-ring (bicyclic) bond motifs is 1. The van der Waals surface area contributed by atoms with Crippen molar-refractivity contribution in [3.63, 3.8) is 0 Å². The average molecular weight is 596 g/mol. The monoisotopic (exact) mass is 595 g/mol. The van der Waals surface area contributed by atoms with E-state index in [9.17, 15) is 18.0 Å². The molecular weight excluding hydrogens is 562 g/mol. The number of hydrogen-bond acceptors (Lipinski definition) is 10. The lowest BCUT2D eigenvalue weighted by atomic mass is 9.76. The first-order chi connectivity index (χ1) is 20.0. The number of nitrogen functional groups attached to an aromatic ring is 1. The van der Waals surface area contributed by atoms with Crippen molar-refractivity contribution in [3.05, 3.63) is 60.2 Å². The summed E-state index contributed by atoms with van der Waals surface area (Å²) < 4.78 is 40.0. The molecule has 0 unspecified atom stereocenters. The molecule has 0 aliphatic heterocycles. The molecule has 0 bridgehead atoms. The lowest BCUT2D eigenvalue weighted by Crippen LogP contribution is -2.52. The Morgan fingerprint density at radius 2 is 1.83 bits per heavy atom. The molecule has 0 radical (unpaired) electrons. The van der Waals surface area contributed by atoms with Gasteiger partial charge in [0.2, 0.25) is 10.0 Å². The molecule has 13 nitrogen and oxygen atoms in total. The van der Waals surface area contributed by atoms with Gasteiger partial charge in [-0.25, -0.2) is 18.1 Å². The van der Waals surface area contributed by atoms with Crippen LogP contribution in [-0.2, 0) is 24.3 Å². The SMILES string of the molecule is COCCOC1(C(=O)NS(C)(=O)=O)CCC(c2nc3c(-c4cnn(-c5ccccc5)c4)cnn3c(N)c2C(C)=O)CC1. The number of nitrogens with one attached hydrogen (secondary N) is 1. The van der Waals surface area contributed by atoms with Crippen LogP contribution in [0.4, 0.5) is 5.82 Å². The highest BCUT2D eigenvalue weighted by Crippen LogP contribution is 2.42. The fourth-order valence-corrected chi connectivity index (χ4v) is 5.98. The maximum absolute atomic E-state index is 13.1. The summed E-state index contributed by atoms with van der Waals surface area (Å²) in [6, 6.07) is 9.67. The van der Waals surface area contributed by atoms with Gasteiger partial charge in [-0.15, -0.1) is 0 Å². The molecule has 1 saturated carbocycles. The van der Waals surface area contributed by atoms with Gasteiger partial charge in [0.1, 0.15) is 11.4 Å². The first kappa shape index (κ1) is 29.4. The maximum Gasteiger partial charge on any atom is 0.265 e. The minimum Gasteiger partial charge on any atom is -0.383 e. The van der Waals surface area contributed by atoms with Crippen LogP contribution in [0.1, 0.15) is 54.6 Å². The van der Waals surface area contributed by atoms with E-state index in [-0.39, 0.29) is 49.1 Å². The summed E-state index contributed by atoms with van der Waals surface area (Å²) in [7, 11) is -2.29. The van der Waals surface area contributed by atoms with Crippen molar-refractivity contribution in [1.29, 1.82) is 0 Å². The number of hydrogen-bond donors (Lipinski definition) is 2. The van der Waals surface area contributed by atoms with Crippen LogP contribution in [-0.4, -0.2) is 76.7 Å². The Morgan fingerprint density at radius 3 is 2.48 bits per heavy atom. The molecule has 0 atom stereocenters. The number of anilines is 1. The molecule has 1 amide bonds. The highest BCUT2D eigenvalue weighted by molar-refractivity contribution is 7.89. The van der Waals surface area contributed by atoms with E-state index in [0.29, 0.717) is 29.7 Å². The minimum absolute atomic E-state index is 0.115. The van der Waals surface area contributed by atoms with Gasteiger partial charge in [-0.05, 0) is 44.7 Å². The fraction of sp³-hybridized carbons (Fsp3) is 0.393. The van der Waals surface area contributed by atoms with E-state index < -0.39 is 21.5 Å². The standard InChI is InChI=1S/C28H33N7O6S/c1-18(36)23-24(19-9-11-28(12-10-19,41-14-13-40-2)27(37)33-42(3,38)39)32-26-22(16-31-35(26)25(23)29)20-15-30-34(17-20)21-7-5-4-6-8-21/h4-8,15-17,19H,9-14,29H2,1-3H3,(H,33,37). The zero-order valence-corrected chi connectivity index (χ0v) is 24.4. The lowest BCUT2D eigenvalue weighted by molar-refractivity contribution is -0.152. The van der Waals surface area contributed by atoms with Gasteiger partial charge in [-0.3, -0.25) is 14.3 Å². The molecule has 3 heterocycles. The predicted molar refractivity (Wildman–Crippen MR) is 155 cm³/mol. The molecule has 42 heavy (non-hydrogen) atoms. The minimum atomic E-state index is -3.80. The van der Waals surface area contributed by atoms with E-state index >= 15 is 0 Å². The second-order valence-electron chi connectivity index (χ2n) is 10.4. The van der Waals surface area contributed by atoms with Crippen LogP contribution in [0.5, 0.6) is 0 Å². The van der Waals surface area contributed by atoms with Gasteiger partial charge < -0.3 is 15.2 Å². The molecule has 0 saturated heterocycles. The van der Waals surface area contributed by atoms with Crippen LogP contribution >= 0.6 is 0 Å². The third kappa shape index (κ3) is 5.78. The summed E-state index contributed by atoms with van der Waals surface area (Å²) in [5, 5.41) is 8.91. The fourth-order valence-electron chi connectivity index (χ4n) is 5.45. The first-order valence-corrected chi connectivity index (χ1v) is 15.4. The van der Waals surface area contributed by atoms with E-state index in [4.69, 9.17) is 20.2 Å². The van der Waals surface area contributed by atoms with Gasteiger partial charge in [-0.2, -0.15) is 14.7 Å². The average Bonchev–Trinajstić information content (AvgIpc) is 3.60. The van der Waals surface area contributed by atoms with Gasteiger partial charge in [0.15, 0.2) is 11.4 Å². The number of para-hydroxylation sites is 1. The predicted octanol–water partition coefficient (Wildman–Crippen LogP) is 2.50. The van der Waals surface area contributed by atoms with Gasteiger partial charge in [0.25, 0.3) is 5.91 Å². The molecule has 1 aliphatic carbocycles. The second-order valence-corrected chi connectivity index (χ2v) is 12.2. The third-order valence-electron chi connectivity index (χ3n) is 7.51. The molecule has 3 aromatic heterocycles. The van der Waals surface area contributed by atoms with E-state index in [0.717, 1.165) is 17.5 Å². The summed E-state index contributed by atoms with van der Waals surface area (Å²) in [4.78, 5) is 30.8. The van der Waals surface area contributed by atoms with Gasteiger partial charge in [0.05, 0.1) is 48.8 Å². The largest absolute Gasteiger partial charge is 0.383 e. The molecule has 14 heteroatoms. The van der Waals surface area contributed by atoms with Gasteiger partial charge in [0, 0.05) is 30.4 Å². The van der Waals surface area contributed by atoms with Crippen LogP contribution < -0.4 is 10.5 Å². The number of sulfonamides is 1. The molecule has 5 rings (SSSR count). The van der Waals surface area contributed by atoms with Crippen LogP contribution in [0, 0.1) is 0 Å². The van der Waals surface area contributed by atoms with Crippen molar-refractivity contribution in [2.45, 2.75) is 44.1 Å². The number of benzene rings is 1. The van der Waals surface area contributed by atoms with Crippen molar-refractivity contribution in [3.8, 4) is 16.8 Å². The van der Waals surface area contributed by atoms with Gasteiger partial charge >= 0.3 is 0 Å². The number of aromatic nitrogens is 5. The van der Waals surface area contributed by atoms with Gasteiger partial charge in [-0.1, -0.05) is 18.2 Å². The number of amides is 1. The smallest absolute Gasteiger partial charge is 0.265 e. The summed E-state index contributed by atoms with van der Waals surface area (Å²) in [5.74, 6) is -1.04. The summed E-state index contributed by atoms with van der Waals surface area (Å²) in [5.41, 5.74) is 8.78. The zero-order valence-electron chi connectivity index (χ0n) is 23.6. The summed E-state index contributed by atoms with van der Waals surface area (Å²) in [6.45, 7) is 1.78. The maximum atomic E-state index is 13.1. The number of Topliss-reactive ketones (excluding diaryl/α,β-unsaturated/α-hetero) is 1. The number of nitrogens with two attached hydrogens (primary N) is 1. The van der Waals surface area contributed by atoms with Crippen LogP contribution in [0.15, 0.2) is 48.9 Å². The van der Waals surface area contributed by atoms with E-state index in [1.807, 2.05) is 36.5 Å². The quantitative estimate of drug-likeness (QED) is 0.205. The number of carbonyl (C=O) groups excluding carboxylic acids is 2.